The summed E-state index contributed by atoms with van der Waals surface area (Å²) in [6, 6.07) is 6.04. The van der Waals surface area contributed by atoms with Crippen LogP contribution in [0.4, 0.5) is 13.2 Å². The molecule has 1 fully saturated rings. The molecule has 1 N–H and O–H groups in total. The average Bonchev–Trinajstić information content (AvgIpc) is 3.01. The Kier molecular flexibility index (Phi) is 5.10. The molecule has 3 rings (SSSR count). The summed E-state index contributed by atoms with van der Waals surface area (Å²) in [5, 5.41) is 7.27. The number of nitrogens with one attached hydrogen (secondary N) is 1. The summed E-state index contributed by atoms with van der Waals surface area (Å²) >= 11 is 4.80. The Hall–Kier alpha value is -0.890. The highest BCUT2D eigenvalue weighted by molar-refractivity contribution is 9.10. The Morgan fingerprint density at radius 2 is 1.87 bits per heavy atom. The van der Waals surface area contributed by atoms with Crippen molar-refractivity contribution in [3.63, 3.8) is 0 Å². The fraction of sp³-hybridized carbons (Fsp3) is 0.375. The van der Waals surface area contributed by atoms with Crippen molar-refractivity contribution in [2.24, 2.45) is 0 Å². The lowest BCUT2D eigenvalue weighted by Crippen LogP contribution is -2.45. The number of hydrogen-bond donors (Lipinski definition) is 1. The van der Waals surface area contributed by atoms with Crippen LogP contribution in [-0.2, 0) is 6.18 Å². The molecule has 23 heavy (non-hydrogen) atoms. The second-order valence-corrected chi connectivity index (χ2v) is 7.21. The van der Waals surface area contributed by atoms with Crippen LogP contribution >= 0.6 is 27.3 Å². The minimum atomic E-state index is -4.35. The summed E-state index contributed by atoms with van der Waals surface area (Å²) in [5.41, 5.74) is 1.10. The van der Waals surface area contributed by atoms with Crippen LogP contribution < -0.4 is 5.32 Å². The third-order valence-electron chi connectivity index (χ3n) is 3.94. The number of piperazine rings is 1. The van der Waals surface area contributed by atoms with Crippen molar-refractivity contribution in [1.82, 2.24) is 10.2 Å². The monoisotopic (exact) mass is 404 g/mol. The summed E-state index contributed by atoms with van der Waals surface area (Å²) in [5.74, 6) is 0. The summed E-state index contributed by atoms with van der Waals surface area (Å²) in [7, 11) is 0. The van der Waals surface area contributed by atoms with Gasteiger partial charge in [0.05, 0.1) is 11.6 Å². The van der Waals surface area contributed by atoms with Gasteiger partial charge in [-0.3, -0.25) is 4.90 Å². The Morgan fingerprint density at radius 1 is 1.13 bits per heavy atom. The number of alkyl halides is 3. The highest BCUT2D eigenvalue weighted by Crippen LogP contribution is 2.37. The molecule has 0 unspecified atom stereocenters. The van der Waals surface area contributed by atoms with E-state index in [4.69, 9.17) is 0 Å². The molecule has 124 valence electrons. The van der Waals surface area contributed by atoms with E-state index >= 15 is 0 Å². The van der Waals surface area contributed by atoms with E-state index in [2.05, 4.69) is 26.1 Å². The Bertz CT molecular complexity index is 652. The van der Waals surface area contributed by atoms with Gasteiger partial charge in [0.15, 0.2) is 0 Å². The SMILES string of the molecule is FC(F)(F)c1cc(Br)cc([C@@H](c2ccsc2)N2CCNCC2)c1. The number of rotatable bonds is 3. The van der Waals surface area contributed by atoms with Crippen LogP contribution in [0.15, 0.2) is 39.5 Å². The fourth-order valence-electron chi connectivity index (χ4n) is 2.92. The van der Waals surface area contributed by atoms with E-state index in [9.17, 15) is 13.2 Å². The lowest BCUT2D eigenvalue weighted by Gasteiger charge is -2.35. The van der Waals surface area contributed by atoms with E-state index in [0.717, 1.165) is 37.8 Å². The first kappa shape index (κ1) is 17.0. The maximum Gasteiger partial charge on any atom is 0.416 e. The van der Waals surface area contributed by atoms with Gasteiger partial charge in [-0.1, -0.05) is 15.9 Å². The molecule has 1 saturated heterocycles. The van der Waals surface area contributed by atoms with E-state index in [1.54, 1.807) is 17.4 Å². The summed E-state index contributed by atoms with van der Waals surface area (Å²) < 4.78 is 39.9. The van der Waals surface area contributed by atoms with E-state index in [1.807, 2.05) is 16.8 Å². The first-order valence-corrected chi connectivity index (χ1v) is 9.03. The lowest BCUT2D eigenvalue weighted by molar-refractivity contribution is -0.137. The van der Waals surface area contributed by atoms with Gasteiger partial charge < -0.3 is 5.32 Å². The first-order valence-electron chi connectivity index (χ1n) is 7.30. The second kappa shape index (κ2) is 6.93. The van der Waals surface area contributed by atoms with E-state index in [1.165, 1.54) is 6.07 Å². The van der Waals surface area contributed by atoms with Gasteiger partial charge >= 0.3 is 6.18 Å². The molecule has 1 aromatic carbocycles. The van der Waals surface area contributed by atoms with Gasteiger partial charge in [-0.25, -0.2) is 0 Å². The van der Waals surface area contributed by atoms with Crippen LogP contribution in [0.5, 0.6) is 0 Å². The molecule has 0 bridgehead atoms. The van der Waals surface area contributed by atoms with Gasteiger partial charge in [-0.05, 0) is 46.2 Å². The third kappa shape index (κ3) is 3.96. The zero-order valence-electron chi connectivity index (χ0n) is 12.2. The van der Waals surface area contributed by atoms with Crippen molar-refractivity contribution in [2.45, 2.75) is 12.2 Å². The molecule has 7 heteroatoms. The van der Waals surface area contributed by atoms with Crippen molar-refractivity contribution in [3.05, 3.63) is 56.2 Å². The quantitative estimate of drug-likeness (QED) is 0.808. The van der Waals surface area contributed by atoms with Crippen LogP contribution in [-0.4, -0.2) is 31.1 Å². The highest BCUT2D eigenvalue weighted by Gasteiger charge is 2.33. The van der Waals surface area contributed by atoms with Crippen LogP contribution in [0.2, 0.25) is 0 Å². The molecule has 0 aliphatic carbocycles. The molecule has 1 aliphatic heterocycles. The summed E-state index contributed by atoms with van der Waals surface area (Å²) in [6.45, 7) is 3.32. The third-order valence-corrected chi connectivity index (χ3v) is 5.10. The maximum atomic E-state index is 13.2. The first-order chi connectivity index (χ1) is 10.9. The van der Waals surface area contributed by atoms with Gasteiger partial charge in [0.1, 0.15) is 0 Å². The van der Waals surface area contributed by atoms with Gasteiger partial charge in [0.2, 0.25) is 0 Å². The number of halogens is 4. The predicted octanol–water partition coefficient (Wildman–Crippen LogP) is 4.52. The van der Waals surface area contributed by atoms with E-state index < -0.39 is 11.7 Å². The molecule has 1 atom stereocenters. The van der Waals surface area contributed by atoms with Crippen molar-refractivity contribution in [2.75, 3.05) is 26.2 Å². The van der Waals surface area contributed by atoms with Gasteiger partial charge in [0, 0.05) is 30.7 Å². The van der Waals surface area contributed by atoms with Gasteiger partial charge in [-0.2, -0.15) is 24.5 Å². The van der Waals surface area contributed by atoms with Crippen molar-refractivity contribution in [1.29, 1.82) is 0 Å². The number of hydrogen-bond acceptors (Lipinski definition) is 3. The average molecular weight is 405 g/mol. The van der Waals surface area contributed by atoms with Crippen LogP contribution in [0.25, 0.3) is 0 Å². The number of nitrogens with zero attached hydrogens (tertiary/aromatic N) is 1. The molecule has 0 spiro atoms. The van der Waals surface area contributed by atoms with Crippen LogP contribution in [0.3, 0.4) is 0 Å². The van der Waals surface area contributed by atoms with E-state index in [0.29, 0.717) is 10.0 Å². The predicted molar refractivity (Wildman–Crippen MR) is 89.7 cm³/mol. The van der Waals surface area contributed by atoms with Gasteiger partial charge in [-0.15, -0.1) is 0 Å². The standard InChI is InChI=1S/C16H16BrF3N2S/c17-14-8-12(7-13(9-14)16(18,19)20)15(11-1-6-23-10-11)22-4-2-21-3-5-22/h1,6-10,15,21H,2-5H2/t15-/m1/s1. The molecular formula is C16H16BrF3N2S. The zero-order valence-corrected chi connectivity index (χ0v) is 14.6. The van der Waals surface area contributed by atoms with Crippen LogP contribution in [0, 0.1) is 0 Å². The molecule has 2 heterocycles. The number of thiophene rings is 1. The minimum Gasteiger partial charge on any atom is -0.314 e. The summed E-state index contributed by atoms with van der Waals surface area (Å²) in [4.78, 5) is 2.24. The molecule has 2 aromatic rings. The van der Waals surface area contributed by atoms with Crippen molar-refractivity contribution < 1.29 is 13.2 Å². The molecule has 0 radical (unpaired) electrons. The fourth-order valence-corrected chi connectivity index (χ4v) is 4.11. The molecular weight excluding hydrogens is 389 g/mol. The molecule has 0 amide bonds. The zero-order chi connectivity index (χ0) is 16.4. The van der Waals surface area contributed by atoms with Crippen LogP contribution in [0.1, 0.15) is 22.7 Å². The number of benzene rings is 1. The largest absolute Gasteiger partial charge is 0.416 e. The second-order valence-electron chi connectivity index (χ2n) is 5.52. The molecule has 0 saturated carbocycles. The molecule has 1 aliphatic rings. The van der Waals surface area contributed by atoms with Crippen molar-refractivity contribution in [3.8, 4) is 0 Å². The van der Waals surface area contributed by atoms with Gasteiger partial charge in [0.25, 0.3) is 0 Å². The molecule has 2 nitrogen and oxygen atoms in total. The lowest BCUT2D eigenvalue weighted by atomic mass is 9.97. The summed E-state index contributed by atoms with van der Waals surface area (Å²) in [6.07, 6.45) is -4.35. The van der Waals surface area contributed by atoms with E-state index in [-0.39, 0.29) is 6.04 Å². The van der Waals surface area contributed by atoms with Crippen molar-refractivity contribution >= 4 is 27.3 Å². The minimum absolute atomic E-state index is 0.151. The topological polar surface area (TPSA) is 15.3 Å². The molecule has 1 aromatic heterocycles. The highest BCUT2D eigenvalue weighted by atomic mass is 79.9. The Balaban J connectivity index is 2.04. The smallest absolute Gasteiger partial charge is 0.314 e. The maximum absolute atomic E-state index is 13.2. The Labute approximate surface area is 145 Å². The normalized spacial score (nSPS) is 18.1. The Morgan fingerprint density at radius 3 is 2.48 bits per heavy atom.